The molecule has 0 spiro atoms. The largest absolute Gasteiger partial charge is 0.210 e. The molecule has 0 saturated heterocycles. The second kappa shape index (κ2) is 3.89. The Labute approximate surface area is 98.3 Å². The molecule has 66 valence electrons. The molecular weight excluding hydrogens is 319 g/mol. The molecule has 2 nitrogen and oxygen atoms in total. The topological polar surface area (TPSA) is 25.8 Å². The van der Waals surface area contributed by atoms with Crippen molar-refractivity contribution in [3.63, 3.8) is 0 Å². The van der Waals surface area contributed by atoms with Gasteiger partial charge < -0.3 is 0 Å². The Bertz CT molecular complexity index is 430. The summed E-state index contributed by atoms with van der Waals surface area (Å²) in [7, 11) is 0. The van der Waals surface area contributed by atoms with E-state index in [1.165, 1.54) is 11.5 Å². The summed E-state index contributed by atoms with van der Waals surface area (Å²) in [5.41, 5.74) is 1.02. The van der Waals surface area contributed by atoms with Crippen LogP contribution < -0.4 is 0 Å². The minimum absolute atomic E-state index is 0.725. The molecule has 0 amide bonds. The third kappa shape index (κ3) is 2.18. The van der Waals surface area contributed by atoms with E-state index < -0.39 is 0 Å². The lowest BCUT2D eigenvalue weighted by Crippen LogP contribution is -1.76. The van der Waals surface area contributed by atoms with E-state index >= 15 is 0 Å². The van der Waals surface area contributed by atoms with Gasteiger partial charge in [-0.1, -0.05) is 23.7 Å². The predicted molar refractivity (Wildman–Crippen MR) is 63.1 cm³/mol. The van der Waals surface area contributed by atoms with Crippen LogP contribution in [0.4, 0.5) is 0 Å². The van der Waals surface area contributed by atoms with Crippen LogP contribution in [0.5, 0.6) is 0 Å². The first-order valence-electron chi connectivity index (χ1n) is 3.51. The summed E-state index contributed by atoms with van der Waals surface area (Å²) in [6.45, 7) is 0. The fourth-order valence-corrected chi connectivity index (χ4v) is 2.40. The smallest absolute Gasteiger partial charge is 0.203 e. The quantitative estimate of drug-likeness (QED) is 0.751. The van der Waals surface area contributed by atoms with Gasteiger partial charge in [-0.25, -0.2) is 4.98 Å². The average Bonchev–Trinajstić information content (AvgIpc) is 2.52. The molecule has 0 aliphatic rings. The van der Waals surface area contributed by atoms with E-state index in [1.807, 2.05) is 24.3 Å². The maximum atomic E-state index is 5.86. The highest BCUT2D eigenvalue weighted by molar-refractivity contribution is 14.1. The van der Waals surface area contributed by atoms with Gasteiger partial charge in [0.25, 0.3) is 0 Å². The Morgan fingerprint density at radius 3 is 2.85 bits per heavy atom. The zero-order chi connectivity index (χ0) is 9.26. The lowest BCUT2D eigenvalue weighted by Gasteiger charge is -1.94. The molecule has 0 saturated carbocycles. The molecule has 0 aliphatic heterocycles. The molecule has 0 N–H and O–H groups in total. The number of aromatic nitrogens is 2. The van der Waals surface area contributed by atoms with Crippen molar-refractivity contribution in [1.82, 2.24) is 9.36 Å². The monoisotopic (exact) mass is 322 g/mol. The first kappa shape index (κ1) is 9.36. The van der Waals surface area contributed by atoms with Crippen LogP contribution in [0.3, 0.4) is 0 Å². The van der Waals surface area contributed by atoms with Crippen molar-refractivity contribution >= 4 is 45.7 Å². The summed E-state index contributed by atoms with van der Waals surface area (Å²) in [4.78, 5) is 4.26. The Morgan fingerprint density at radius 2 is 2.23 bits per heavy atom. The standard InChI is InChI=1S/C8H4ClIN2S/c9-6-3-1-2-5(4-6)7-11-8(10)12-13-7/h1-4H. The summed E-state index contributed by atoms with van der Waals surface area (Å²) in [5.74, 6) is 0. The fourth-order valence-electron chi connectivity index (χ4n) is 0.944. The number of hydrogen-bond donors (Lipinski definition) is 0. The molecule has 1 heterocycles. The lowest BCUT2D eigenvalue weighted by molar-refractivity contribution is 1.25. The third-order valence-electron chi connectivity index (χ3n) is 1.47. The number of rotatable bonds is 1. The van der Waals surface area contributed by atoms with Crippen molar-refractivity contribution in [2.75, 3.05) is 0 Å². The van der Waals surface area contributed by atoms with E-state index in [9.17, 15) is 0 Å². The van der Waals surface area contributed by atoms with Gasteiger partial charge in [-0.15, -0.1) is 0 Å². The molecule has 5 heteroatoms. The lowest BCUT2D eigenvalue weighted by atomic mass is 10.2. The molecule has 2 rings (SSSR count). The summed E-state index contributed by atoms with van der Waals surface area (Å²) < 4.78 is 4.87. The Hall–Kier alpha value is -0.200. The highest BCUT2D eigenvalue weighted by Gasteiger charge is 2.03. The maximum Gasteiger partial charge on any atom is 0.203 e. The SMILES string of the molecule is Clc1cccc(-c2nc(I)ns2)c1. The summed E-state index contributed by atoms with van der Waals surface area (Å²) in [6, 6.07) is 7.61. The van der Waals surface area contributed by atoms with Crippen molar-refractivity contribution in [3.05, 3.63) is 33.1 Å². The van der Waals surface area contributed by atoms with Gasteiger partial charge in [0.1, 0.15) is 5.01 Å². The van der Waals surface area contributed by atoms with Crippen LogP contribution in [0.15, 0.2) is 24.3 Å². The summed E-state index contributed by atoms with van der Waals surface area (Å²) in [5, 5.41) is 1.63. The number of benzene rings is 1. The van der Waals surface area contributed by atoms with Crippen molar-refractivity contribution in [1.29, 1.82) is 0 Å². The van der Waals surface area contributed by atoms with Gasteiger partial charge in [0.2, 0.25) is 3.83 Å². The molecule has 13 heavy (non-hydrogen) atoms. The number of nitrogens with zero attached hydrogens (tertiary/aromatic N) is 2. The van der Waals surface area contributed by atoms with Gasteiger partial charge in [0.15, 0.2) is 0 Å². The third-order valence-corrected chi connectivity index (χ3v) is 3.28. The Morgan fingerprint density at radius 1 is 1.38 bits per heavy atom. The van der Waals surface area contributed by atoms with Crippen LogP contribution in [0.2, 0.25) is 5.02 Å². The summed E-state index contributed by atoms with van der Waals surface area (Å²) in [6.07, 6.45) is 0. The van der Waals surface area contributed by atoms with Gasteiger partial charge in [-0.3, -0.25) is 0 Å². The van der Waals surface area contributed by atoms with Crippen LogP contribution in [0.25, 0.3) is 10.6 Å². The number of hydrogen-bond acceptors (Lipinski definition) is 3. The molecular formula is C8H4ClIN2S. The molecule has 0 radical (unpaired) electrons. The van der Waals surface area contributed by atoms with E-state index in [0.717, 1.165) is 19.4 Å². The van der Waals surface area contributed by atoms with Crippen LogP contribution in [0.1, 0.15) is 0 Å². The predicted octanol–water partition coefficient (Wildman–Crippen LogP) is 3.46. The molecule has 0 bridgehead atoms. The van der Waals surface area contributed by atoms with E-state index in [0.29, 0.717) is 0 Å². The highest BCUT2D eigenvalue weighted by atomic mass is 127. The molecule has 0 unspecified atom stereocenters. The van der Waals surface area contributed by atoms with E-state index in [2.05, 4.69) is 31.9 Å². The Balaban J connectivity index is 2.46. The second-order valence-corrected chi connectivity index (χ2v) is 4.53. The highest BCUT2D eigenvalue weighted by Crippen LogP contribution is 2.24. The van der Waals surface area contributed by atoms with Crippen molar-refractivity contribution < 1.29 is 0 Å². The molecule has 2 aromatic rings. The second-order valence-electron chi connectivity index (χ2n) is 2.38. The van der Waals surface area contributed by atoms with Crippen LogP contribution in [0, 0.1) is 3.83 Å². The van der Waals surface area contributed by atoms with E-state index in [4.69, 9.17) is 11.6 Å². The van der Waals surface area contributed by atoms with Gasteiger partial charge in [0.05, 0.1) is 0 Å². The van der Waals surface area contributed by atoms with E-state index in [-0.39, 0.29) is 0 Å². The molecule has 0 fully saturated rings. The minimum atomic E-state index is 0.725. The first-order valence-corrected chi connectivity index (χ1v) is 5.74. The van der Waals surface area contributed by atoms with Crippen LogP contribution in [-0.2, 0) is 0 Å². The molecule has 1 aromatic heterocycles. The van der Waals surface area contributed by atoms with Crippen LogP contribution >= 0.6 is 45.7 Å². The zero-order valence-electron chi connectivity index (χ0n) is 6.37. The van der Waals surface area contributed by atoms with Gasteiger partial charge in [0, 0.05) is 33.2 Å². The normalized spacial score (nSPS) is 10.3. The zero-order valence-corrected chi connectivity index (χ0v) is 10.1. The van der Waals surface area contributed by atoms with Crippen LogP contribution in [-0.4, -0.2) is 9.36 Å². The van der Waals surface area contributed by atoms with Gasteiger partial charge in [-0.2, -0.15) is 4.37 Å². The van der Waals surface area contributed by atoms with Gasteiger partial charge in [-0.05, 0) is 23.7 Å². The van der Waals surface area contributed by atoms with Crippen molar-refractivity contribution in [3.8, 4) is 10.6 Å². The minimum Gasteiger partial charge on any atom is -0.210 e. The first-order chi connectivity index (χ1) is 6.25. The molecule has 0 atom stereocenters. The summed E-state index contributed by atoms with van der Waals surface area (Å²) >= 11 is 9.33. The fraction of sp³-hybridized carbons (Fsp3) is 0. The maximum absolute atomic E-state index is 5.86. The van der Waals surface area contributed by atoms with Crippen molar-refractivity contribution in [2.24, 2.45) is 0 Å². The van der Waals surface area contributed by atoms with Gasteiger partial charge >= 0.3 is 0 Å². The van der Waals surface area contributed by atoms with Crippen molar-refractivity contribution in [2.45, 2.75) is 0 Å². The molecule has 0 aliphatic carbocycles. The Kier molecular flexibility index (Phi) is 2.80. The molecule has 1 aromatic carbocycles. The average molecular weight is 323 g/mol. The number of halogens is 2. The van der Waals surface area contributed by atoms with E-state index in [1.54, 1.807) is 0 Å².